The van der Waals surface area contributed by atoms with Gasteiger partial charge >= 0.3 is 5.97 Å². The highest BCUT2D eigenvalue weighted by molar-refractivity contribution is 5.96. The van der Waals surface area contributed by atoms with Crippen LogP contribution in [0.4, 0.5) is 0 Å². The van der Waals surface area contributed by atoms with E-state index in [1.54, 1.807) is 0 Å². The molecular formula is C7H11NO3. The van der Waals surface area contributed by atoms with Crippen LogP contribution in [0.3, 0.4) is 0 Å². The van der Waals surface area contributed by atoms with Gasteiger partial charge in [0.05, 0.1) is 13.0 Å². The van der Waals surface area contributed by atoms with E-state index in [1.807, 2.05) is 6.92 Å². The molecule has 0 aromatic carbocycles. The Balaban J connectivity index is 2.51. The maximum atomic E-state index is 10.9. The molecule has 0 unspecified atom stereocenters. The molecule has 2 atom stereocenters. The van der Waals surface area contributed by atoms with Gasteiger partial charge in [-0.15, -0.1) is 0 Å². The second-order valence-corrected chi connectivity index (χ2v) is 2.52. The standard InChI is InChI=1S/C7H11NO3/c1-3-4-5(7(10)11-2)8-6(4)9/h4-5H,3H2,1-2H3,(H,8,9)/t4-,5+/m0/s1. The third-order valence-electron chi connectivity index (χ3n) is 1.93. The Hall–Kier alpha value is -1.06. The fourth-order valence-corrected chi connectivity index (χ4v) is 1.19. The molecule has 4 heteroatoms. The molecule has 1 N–H and O–H groups in total. The summed E-state index contributed by atoms with van der Waals surface area (Å²) in [6.45, 7) is 1.87. The highest BCUT2D eigenvalue weighted by Crippen LogP contribution is 2.19. The van der Waals surface area contributed by atoms with Crippen LogP contribution < -0.4 is 5.32 Å². The summed E-state index contributed by atoms with van der Waals surface area (Å²) < 4.78 is 4.48. The molecule has 0 aromatic rings. The lowest BCUT2D eigenvalue weighted by Gasteiger charge is -2.33. The van der Waals surface area contributed by atoms with E-state index in [1.165, 1.54) is 7.11 Å². The Kier molecular flexibility index (Phi) is 2.12. The van der Waals surface area contributed by atoms with Crippen molar-refractivity contribution >= 4 is 11.9 Å². The number of nitrogens with one attached hydrogen (secondary N) is 1. The van der Waals surface area contributed by atoms with E-state index in [0.29, 0.717) is 6.42 Å². The van der Waals surface area contributed by atoms with Gasteiger partial charge in [0.15, 0.2) is 0 Å². The highest BCUT2D eigenvalue weighted by Gasteiger charge is 2.43. The van der Waals surface area contributed by atoms with Gasteiger partial charge in [0.1, 0.15) is 6.04 Å². The molecule has 0 radical (unpaired) electrons. The van der Waals surface area contributed by atoms with E-state index in [9.17, 15) is 9.59 Å². The Morgan fingerprint density at radius 3 is 2.73 bits per heavy atom. The smallest absolute Gasteiger partial charge is 0.329 e. The molecule has 0 spiro atoms. The van der Waals surface area contributed by atoms with Gasteiger partial charge in [-0.05, 0) is 6.42 Å². The number of hydrogen-bond donors (Lipinski definition) is 1. The first-order valence-corrected chi connectivity index (χ1v) is 3.59. The van der Waals surface area contributed by atoms with E-state index >= 15 is 0 Å². The maximum Gasteiger partial charge on any atom is 0.329 e. The van der Waals surface area contributed by atoms with Crippen LogP contribution in [0.2, 0.25) is 0 Å². The van der Waals surface area contributed by atoms with Crippen molar-refractivity contribution in [3.05, 3.63) is 0 Å². The lowest BCUT2D eigenvalue weighted by Crippen LogP contribution is -2.61. The number of methoxy groups -OCH3 is 1. The van der Waals surface area contributed by atoms with Crippen molar-refractivity contribution < 1.29 is 14.3 Å². The monoisotopic (exact) mass is 157 g/mol. The van der Waals surface area contributed by atoms with Gasteiger partial charge in [0.2, 0.25) is 5.91 Å². The van der Waals surface area contributed by atoms with Crippen LogP contribution in [0.1, 0.15) is 13.3 Å². The molecule has 0 saturated carbocycles. The lowest BCUT2D eigenvalue weighted by atomic mass is 9.88. The lowest BCUT2D eigenvalue weighted by molar-refractivity contribution is -0.155. The van der Waals surface area contributed by atoms with Gasteiger partial charge in [-0.25, -0.2) is 4.79 Å². The molecule has 1 heterocycles. The zero-order chi connectivity index (χ0) is 8.43. The third kappa shape index (κ3) is 1.20. The molecule has 1 rings (SSSR count). The number of amides is 1. The molecule has 1 fully saturated rings. The fourth-order valence-electron chi connectivity index (χ4n) is 1.19. The summed E-state index contributed by atoms with van der Waals surface area (Å²) in [7, 11) is 1.32. The first-order chi connectivity index (χ1) is 5.20. The molecule has 0 aliphatic carbocycles. The van der Waals surface area contributed by atoms with Crippen LogP contribution in [0.5, 0.6) is 0 Å². The van der Waals surface area contributed by atoms with Crippen molar-refractivity contribution in [2.45, 2.75) is 19.4 Å². The molecule has 1 saturated heterocycles. The number of rotatable bonds is 2. The quantitative estimate of drug-likeness (QED) is 0.441. The number of carbonyl (C=O) groups excluding carboxylic acids is 2. The number of β-lactam (4-membered cyclic amide) rings is 1. The van der Waals surface area contributed by atoms with E-state index in [4.69, 9.17) is 0 Å². The number of carbonyl (C=O) groups is 2. The molecule has 1 aliphatic heterocycles. The predicted molar refractivity (Wildman–Crippen MR) is 37.7 cm³/mol. The summed E-state index contributed by atoms with van der Waals surface area (Å²) in [6.07, 6.45) is 0.686. The fraction of sp³-hybridized carbons (Fsp3) is 0.714. The van der Waals surface area contributed by atoms with Crippen LogP contribution >= 0.6 is 0 Å². The Morgan fingerprint density at radius 1 is 1.73 bits per heavy atom. The second kappa shape index (κ2) is 2.90. The topological polar surface area (TPSA) is 55.4 Å². The van der Waals surface area contributed by atoms with Crippen molar-refractivity contribution in [1.82, 2.24) is 5.32 Å². The predicted octanol–water partition coefficient (Wildman–Crippen LogP) is -0.316. The van der Waals surface area contributed by atoms with Crippen molar-refractivity contribution in [1.29, 1.82) is 0 Å². The van der Waals surface area contributed by atoms with Gasteiger partial charge in [-0.3, -0.25) is 4.79 Å². The van der Waals surface area contributed by atoms with Crippen LogP contribution in [0.25, 0.3) is 0 Å². The van der Waals surface area contributed by atoms with Crippen molar-refractivity contribution in [3.63, 3.8) is 0 Å². The first-order valence-electron chi connectivity index (χ1n) is 3.59. The largest absolute Gasteiger partial charge is 0.467 e. The summed E-state index contributed by atoms with van der Waals surface area (Å²) in [5, 5.41) is 2.48. The van der Waals surface area contributed by atoms with E-state index < -0.39 is 6.04 Å². The molecule has 0 bridgehead atoms. The summed E-state index contributed by atoms with van der Waals surface area (Å²) in [5.74, 6) is -0.582. The summed E-state index contributed by atoms with van der Waals surface area (Å²) in [4.78, 5) is 21.6. The number of hydrogen-bond acceptors (Lipinski definition) is 3. The average molecular weight is 157 g/mol. The minimum Gasteiger partial charge on any atom is -0.467 e. The molecule has 62 valence electrons. The van der Waals surface area contributed by atoms with Crippen molar-refractivity contribution in [2.24, 2.45) is 5.92 Å². The SMILES string of the molecule is CC[C@@H]1C(=O)N[C@H]1C(=O)OC. The van der Waals surface area contributed by atoms with Gasteiger partial charge in [-0.2, -0.15) is 0 Å². The normalized spacial score (nSPS) is 28.7. The zero-order valence-electron chi connectivity index (χ0n) is 6.59. The summed E-state index contributed by atoms with van der Waals surface area (Å²) in [5.41, 5.74) is 0. The molecular weight excluding hydrogens is 146 g/mol. The Morgan fingerprint density at radius 2 is 2.36 bits per heavy atom. The van der Waals surface area contributed by atoms with E-state index in [2.05, 4.69) is 10.1 Å². The summed E-state index contributed by atoms with van der Waals surface area (Å²) >= 11 is 0. The third-order valence-corrected chi connectivity index (χ3v) is 1.93. The summed E-state index contributed by atoms with van der Waals surface area (Å²) in [6, 6.07) is -0.405. The molecule has 1 amide bonds. The van der Waals surface area contributed by atoms with Crippen LogP contribution in [0.15, 0.2) is 0 Å². The average Bonchev–Trinajstić information content (AvgIpc) is 1.99. The number of esters is 1. The van der Waals surface area contributed by atoms with Crippen molar-refractivity contribution in [3.8, 4) is 0 Å². The van der Waals surface area contributed by atoms with Crippen molar-refractivity contribution in [2.75, 3.05) is 7.11 Å². The minimum absolute atomic E-state index is 0.0529. The Labute approximate surface area is 64.9 Å². The van der Waals surface area contributed by atoms with Gasteiger partial charge in [-0.1, -0.05) is 6.92 Å². The minimum atomic E-state index is -0.405. The van der Waals surface area contributed by atoms with Gasteiger partial charge in [0, 0.05) is 0 Å². The van der Waals surface area contributed by atoms with Crippen LogP contribution in [0, 0.1) is 5.92 Å². The van der Waals surface area contributed by atoms with E-state index in [-0.39, 0.29) is 17.8 Å². The molecule has 1 aliphatic rings. The van der Waals surface area contributed by atoms with Crippen LogP contribution in [-0.2, 0) is 14.3 Å². The maximum absolute atomic E-state index is 10.9. The second-order valence-electron chi connectivity index (χ2n) is 2.52. The number of ether oxygens (including phenoxy) is 1. The Bertz CT molecular complexity index is 190. The van der Waals surface area contributed by atoms with Crippen LogP contribution in [-0.4, -0.2) is 25.0 Å². The van der Waals surface area contributed by atoms with Gasteiger partial charge < -0.3 is 10.1 Å². The molecule has 0 aromatic heterocycles. The zero-order valence-corrected chi connectivity index (χ0v) is 6.59. The molecule has 11 heavy (non-hydrogen) atoms. The highest BCUT2D eigenvalue weighted by atomic mass is 16.5. The van der Waals surface area contributed by atoms with Gasteiger partial charge in [0.25, 0.3) is 0 Å². The van der Waals surface area contributed by atoms with E-state index in [0.717, 1.165) is 0 Å². The first kappa shape index (κ1) is 8.04. The molecule has 4 nitrogen and oxygen atoms in total.